The first-order chi connectivity index (χ1) is 6.86. The Hall–Kier alpha value is -0.730. The van der Waals surface area contributed by atoms with E-state index in [0.717, 1.165) is 13.0 Å². The van der Waals surface area contributed by atoms with Gasteiger partial charge in [0.25, 0.3) is 0 Å². The third-order valence-corrected chi connectivity index (χ3v) is 3.38. The van der Waals surface area contributed by atoms with Gasteiger partial charge in [0.05, 0.1) is 0 Å². The fourth-order valence-corrected chi connectivity index (χ4v) is 2.57. The number of carbonyl (C=O) groups is 1. The van der Waals surface area contributed by atoms with Crippen molar-refractivity contribution in [2.75, 3.05) is 6.54 Å². The van der Waals surface area contributed by atoms with E-state index in [4.69, 9.17) is 4.74 Å². The van der Waals surface area contributed by atoms with Gasteiger partial charge in [-0.3, -0.25) is 0 Å². The molecular formula is C11H19NO2. The van der Waals surface area contributed by atoms with Crippen molar-refractivity contribution in [2.24, 2.45) is 5.92 Å². The van der Waals surface area contributed by atoms with Crippen LogP contribution in [0.3, 0.4) is 0 Å². The summed E-state index contributed by atoms with van der Waals surface area (Å²) in [6.45, 7) is 0.792. The van der Waals surface area contributed by atoms with Gasteiger partial charge in [-0.2, -0.15) is 0 Å². The van der Waals surface area contributed by atoms with E-state index in [0.29, 0.717) is 5.92 Å². The molecule has 1 heterocycles. The second-order valence-electron chi connectivity index (χ2n) is 4.41. The van der Waals surface area contributed by atoms with Gasteiger partial charge in [0, 0.05) is 13.0 Å². The summed E-state index contributed by atoms with van der Waals surface area (Å²) >= 11 is 0. The van der Waals surface area contributed by atoms with Crippen molar-refractivity contribution in [3.05, 3.63) is 0 Å². The van der Waals surface area contributed by atoms with E-state index in [2.05, 4.69) is 5.32 Å². The second kappa shape index (κ2) is 4.67. The largest absolute Gasteiger partial charge is 0.446 e. The molecule has 0 radical (unpaired) electrons. The van der Waals surface area contributed by atoms with Crippen LogP contribution in [0.4, 0.5) is 4.79 Å². The molecule has 0 spiro atoms. The third kappa shape index (κ3) is 2.40. The van der Waals surface area contributed by atoms with Crippen LogP contribution in [0.1, 0.15) is 44.9 Å². The number of rotatable bonds is 1. The summed E-state index contributed by atoms with van der Waals surface area (Å²) in [5.74, 6) is 0.628. The maximum absolute atomic E-state index is 11.1. The highest BCUT2D eigenvalue weighted by molar-refractivity contribution is 5.68. The molecule has 0 aromatic carbocycles. The van der Waals surface area contributed by atoms with E-state index in [-0.39, 0.29) is 12.2 Å². The molecule has 1 aliphatic heterocycles. The Labute approximate surface area is 85.2 Å². The monoisotopic (exact) mass is 197 g/mol. The van der Waals surface area contributed by atoms with Crippen molar-refractivity contribution >= 4 is 6.09 Å². The maximum Gasteiger partial charge on any atom is 0.407 e. The lowest BCUT2D eigenvalue weighted by atomic mass is 9.91. The predicted octanol–water partition coefficient (Wildman–Crippen LogP) is 2.46. The van der Waals surface area contributed by atoms with E-state index in [1.165, 1.54) is 38.5 Å². The third-order valence-electron chi connectivity index (χ3n) is 3.38. The van der Waals surface area contributed by atoms with Gasteiger partial charge in [0.2, 0.25) is 0 Å². The van der Waals surface area contributed by atoms with Crippen LogP contribution in [0.25, 0.3) is 0 Å². The molecule has 2 rings (SSSR count). The summed E-state index contributed by atoms with van der Waals surface area (Å²) in [6, 6.07) is 0. The lowest BCUT2D eigenvalue weighted by Crippen LogP contribution is -2.41. The lowest BCUT2D eigenvalue weighted by molar-refractivity contribution is 0.0339. The van der Waals surface area contributed by atoms with Crippen molar-refractivity contribution in [1.82, 2.24) is 5.32 Å². The summed E-state index contributed by atoms with van der Waals surface area (Å²) in [4.78, 5) is 11.1. The molecule has 3 nitrogen and oxygen atoms in total. The number of hydrogen-bond acceptors (Lipinski definition) is 2. The van der Waals surface area contributed by atoms with E-state index >= 15 is 0 Å². The highest BCUT2D eigenvalue weighted by Crippen LogP contribution is 2.29. The number of amides is 1. The minimum absolute atomic E-state index is 0.196. The standard InChI is InChI=1S/C11H19NO2/c13-11-12-8-7-10(14-11)9-5-3-1-2-4-6-9/h9-10H,1-8H2,(H,12,13). The van der Waals surface area contributed by atoms with Crippen LogP contribution in [-0.4, -0.2) is 18.7 Å². The molecule has 80 valence electrons. The van der Waals surface area contributed by atoms with E-state index in [9.17, 15) is 4.79 Å². The van der Waals surface area contributed by atoms with E-state index in [1.54, 1.807) is 0 Å². The van der Waals surface area contributed by atoms with E-state index < -0.39 is 0 Å². The fraction of sp³-hybridized carbons (Fsp3) is 0.909. The molecule has 0 aromatic heterocycles. The van der Waals surface area contributed by atoms with Gasteiger partial charge in [0.1, 0.15) is 6.10 Å². The maximum atomic E-state index is 11.1. The lowest BCUT2D eigenvalue weighted by Gasteiger charge is -2.29. The molecule has 1 amide bonds. The topological polar surface area (TPSA) is 38.3 Å². The zero-order chi connectivity index (χ0) is 9.80. The van der Waals surface area contributed by atoms with Gasteiger partial charge in [-0.1, -0.05) is 25.7 Å². The summed E-state index contributed by atoms with van der Waals surface area (Å²) in [5, 5.41) is 2.71. The van der Waals surface area contributed by atoms with E-state index in [1.807, 2.05) is 0 Å². The molecule has 3 heteroatoms. The number of ether oxygens (including phenoxy) is 1. The van der Waals surface area contributed by atoms with Crippen LogP contribution < -0.4 is 5.32 Å². The number of cyclic esters (lactones) is 1. The molecule has 2 fully saturated rings. The van der Waals surface area contributed by atoms with Crippen molar-refractivity contribution in [2.45, 2.75) is 51.0 Å². The van der Waals surface area contributed by atoms with Gasteiger partial charge in [-0.15, -0.1) is 0 Å². The second-order valence-corrected chi connectivity index (χ2v) is 4.41. The molecule has 2 aliphatic rings. The molecular weight excluding hydrogens is 178 g/mol. The van der Waals surface area contributed by atoms with Crippen molar-refractivity contribution < 1.29 is 9.53 Å². The van der Waals surface area contributed by atoms with Crippen LogP contribution in [0, 0.1) is 5.92 Å². The fourth-order valence-electron chi connectivity index (χ4n) is 2.57. The number of carbonyl (C=O) groups excluding carboxylic acids is 1. The zero-order valence-electron chi connectivity index (χ0n) is 8.63. The molecule has 1 saturated heterocycles. The Balaban J connectivity index is 1.88. The van der Waals surface area contributed by atoms with Crippen LogP contribution in [0.5, 0.6) is 0 Å². The molecule has 1 aliphatic carbocycles. The Morgan fingerprint density at radius 2 is 1.79 bits per heavy atom. The quantitative estimate of drug-likeness (QED) is 0.656. The summed E-state index contributed by atoms with van der Waals surface area (Å²) in [7, 11) is 0. The van der Waals surface area contributed by atoms with Crippen LogP contribution in [0.2, 0.25) is 0 Å². The molecule has 1 unspecified atom stereocenters. The minimum atomic E-state index is -0.217. The van der Waals surface area contributed by atoms with Gasteiger partial charge >= 0.3 is 6.09 Å². The predicted molar refractivity (Wildman–Crippen MR) is 54.1 cm³/mol. The highest BCUT2D eigenvalue weighted by Gasteiger charge is 2.28. The molecule has 1 N–H and O–H groups in total. The first kappa shape index (κ1) is 9.81. The number of nitrogens with one attached hydrogen (secondary N) is 1. The van der Waals surface area contributed by atoms with Gasteiger partial charge < -0.3 is 10.1 Å². The SMILES string of the molecule is O=C1NCCC(C2CCCCCC2)O1. The first-order valence-electron chi connectivity index (χ1n) is 5.81. The molecule has 0 bridgehead atoms. The minimum Gasteiger partial charge on any atom is -0.446 e. The Morgan fingerprint density at radius 1 is 1.07 bits per heavy atom. The van der Waals surface area contributed by atoms with Crippen LogP contribution in [-0.2, 0) is 4.74 Å². The van der Waals surface area contributed by atoms with Crippen molar-refractivity contribution in [3.63, 3.8) is 0 Å². The van der Waals surface area contributed by atoms with Gasteiger partial charge in [-0.05, 0) is 18.8 Å². The Kier molecular flexibility index (Phi) is 3.27. The smallest absolute Gasteiger partial charge is 0.407 e. The summed E-state index contributed by atoms with van der Waals surface area (Å²) < 4.78 is 5.33. The average molecular weight is 197 g/mol. The average Bonchev–Trinajstić information content (AvgIpc) is 2.45. The summed E-state index contributed by atoms with van der Waals surface area (Å²) in [6.07, 6.45) is 8.81. The zero-order valence-corrected chi connectivity index (χ0v) is 8.63. The summed E-state index contributed by atoms with van der Waals surface area (Å²) in [5.41, 5.74) is 0. The number of alkyl carbamates (subject to hydrolysis) is 1. The molecule has 14 heavy (non-hydrogen) atoms. The van der Waals surface area contributed by atoms with Crippen molar-refractivity contribution in [3.8, 4) is 0 Å². The first-order valence-corrected chi connectivity index (χ1v) is 5.81. The van der Waals surface area contributed by atoms with Crippen LogP contribution >= 0.6 is 0 Å². The highest BCUT2D eigenvalue weighted by atomic mass is 16.6. The molecule has 1 atom stereocenters. The van der Waals surface area contributed by atoms with Crippen molar-refractivity contribution in [1.29, 1.82) is 0 Å². The van der Waals surface area contributed by atoms with Crippen LogP contribution in [0.15, 0.2) is 0 Å². The Bertz CT molecular complexity index is 197. The number of hydrogen-bond donors (Lipinski definition) is 1. The van der Waals surface area contributed by atoms with Gasteiger partial charge in [0.15, 0.2) is 0 Å². The van der Waals surface area contributed by atoms with Gasteiger partial charge in [-0.25, -0.2) is 4.79 Å². The Morgan fingerprint density at radius 3 is 2.43 bits per heavy atom. The molecule has 0 aromatic rings. The molecule has 1 saturated carbocycles. The normalized spacial score (nSPS) is 30.3.